The first kappa shape index (κ1) is 17.2. The van der Waals surface area contributed by atoms with Gasteiger partial charge in [-0.1, -0.05) is 20.8 Å². The summed E-state index contributed by atoms with van der Waals surface area (Å²) in [6.45, 7) is 15.0. The Hall–Kier alpha value is -0.160. The lowest BCUT2D eigenvalue weighted by Crippen LogP contribution is -2.46. The van der Waals surface area contributed by atoms with Gasteiger partial charge in [-0.3, -0.25) is 0 Å². The van der Waals surface area contributed by atoms with Crippen LogP contribution in [0.5, 0.6) is 0 Å². The largest absolute Gasteiger partial charge is 0.372 e. The predicted octanol–water partition coefficient (Wildman–Crippen LogP) is 1.86. The molecule has 0 aromatic heterocycles. The van der Waals surface area contributed by atoms with Gasteiger partial charge in [0.05, 0.1) is 12.2 Å². The van der Waals surface area contributed by atoms with Crippen LogP contribution < -0.4 is 10.6 Å². The molecule has 0 aromatic carbocycles. The molecule has 2 aliphatic heterocycles. The van der Waals surface area contributed by atoms with Crippen molar-refractivity contribution in [2.45, 2.75) is 58.7 Å². The molecule has 2 N–H and O–H groups in total. The molecule has 2 atom stereocenters. The molecule has 0 amide bonds. The number of rotatable bonds is 6. The van der Waals surface area contributed by atoms with Gasteiger partial charge in [0, 0.05) is 39.3 Å². The van der Waals surface area contributed by atoms with E-state index >= 15 is 0 Å². The summed E-state index contributed by atoms with van der Waals surface area (Å²) in [5.74, 6) is 0. The van der Waals surface area contributed by atoms with Crippen LogP contribution in [0.15, 0.2) is 0 Å². The smallest absolute Gasteiger partial charge is 0.0708 e. The van der Waals surface area contributed by atoms with Crippen molar-refractivity contribution in [1.82, 2.24) is 15.5 Å². The number of hydrogen-bond acceptors (Lipinski definition) is 4. The molecule has 2 fully saturated rings. The van der Waals surface area contributed by atoms with Crippen molar-refractivity contribution < 1.29 is 4.74 Å². The summed E-state index contributed by atoms with van der Waals surface area (Å²) < 4.78 is 6.27. The summed E-state index contributed by atoms with van der Waals surface area (Å²) in [6.07, 6.45) is 5.78. The molecular weight excluding hydrogens is 262 g/mol. The monoisotopic (exact) mass is 297 g/mol. The number of ether oxygens (including phenoxy) is 1. The molecule has 21 heavy (non-hydrogen) atoms. The SMILES string of the molecule is CC(C)(C)CC1CNCC(CCCCN2CCNCC2)O1. The van der Waals surface area contributed by atoms with Crippen LogP contribution in [0.3, 0.4) is 0 Å². The van der Waals surface area contributed by atoms with Crippen LogP contribution in [0.4, 0.5) is 0 Å². The van der Waals surface area contributed by atoms with Gasteiger partial charge in [-0.25, -0.2) is 0 Å². The van der Waals surface area contributed by atoms with Gasteiger partial charge in [0.2, 0.25) is 0 Å². The van der Waals surface area contributed by atoms with Crippen LogP contribution in [0.1, 0.15) is 46.5 Å². The fraction of sp³-hybridized carbons (Fsp3) is 1.00. The van der Waals surface area contributed by atoms with Crippen LogP contribution in [0.25, 0.3) is 0 Å². The number of piperazine rings is 1. The summed E-state index contributed by atoms with van der Waals surface area (Å²) in [5, 5.41) is 6.96. The lowest BCUT2D eigenvalue weighted by molar-refractivity contribution is -0.0573. The van der Waals surface area contributed by atoms with Crippen LogP contribution in [0.2, 0.25) is 0 Å². The van der Waals surface area contributed by atoms with Crippen LogP contribution in [0, 0.1) is 5.41 Å². The molecular formula is C17H35N3O. The van der Waals surface area contributed by atoms with Gasteiger partial charge in [-0.15, -0.1) is 0 Å². The average Bonchev–Trinajstić information content (AvgIpc) is 2.43. The molecule has 4 heteroatoms. The van der Waals surface area contributed by atoms with Gasteiger partial charge in [0.15, 0.2) is 0 Å². The second-order valence-electron chi connectivity index (χ2n) is 7.89. The van der Waals surface area contributed by atoms with E-state index in [9.17, 15) is 0 Å². The molecule has 2 aliphatic rings. The fourth-order valence-electron chi connectivity index (χ4n) is 3.39. The van der Waals surface area contributed by atoms with Gasteiger partial charge in [0.25, 0.3) is 0 Å². The van der Waals surface area contributed by atoms with Crippen LogP contribution in [-0.4, -0.2) is 62.9 Å². The highest BCUT2D eigenvalue weighted by Gasteiger charge is 2.25. The summed E-state index contributed by atoms with van der Waals surface area (Å²) >= 11 is 0. The third-order valence-electron chi connectivity index (χ3n) is 4.43. The van der Waals surface area contributed by atoms with E-state index in [0.717, 1.165) is 32.6 Å². The highest BCUT2D eigenvalue weighted by Crippen LogP contribution is 2.24. The lowest BCUT2D eigenvalue weighted by Gasteiger charge is -2.34. The zero-order valence-electron chi connectivity index (χ0n) is 14.3. The minimum absolute atomic E-state index is 0.358. The van der Waals surface area contributed by atoms with Crippen molar-refractivity contribution in [2.75, 3.05) is 45.8 Å². The topological polar surface area (TPSA) is 36.5 Å². The summed E-state index contributed by atoms with van der Waals surface area (Å²) in [7, 11) is 0. The minimum Gasteiger partial charge on any atom is -0.372 e. The molecule has 0 spiro atoms. The first-order valence-electron chi connectivity index (χ1n) is 8.82. The van der Waals surface area contributed by atoms with Gasteiger partial charge >= 0.3 is 0 Å². The van der Waals surface area contributed by atoms with Gasteiger partial charge in [0.1, 0.15) is 0 Å². The molecule has 4 nitrogen and oxygen atoms in total. The second-order valence-corrected chi connectivity index (χ2v) is 7.89. The predicted molar refractivity (Wildman–Crippen MR) is 88.8 cm³/mol. The fourth-order valence-corrected chi connectivity index (χ4v) is 3.39. The van der Waals surface area contributed by atoms with Crippen molar-refractivity contribution in [3.63, 3.8) is 0 Å². The summed E-state index contributed by atoms with van der Waals surface area (Å²) in [6, 6.07) is 0. The van der Waals surface area contributed by atoms with E-state index in [1.165, 1.54) is 38.9 Å². The molecule has 2 saturated heterocycles. The normalized spacial score (nSPS) is 28.7. The minimum atomic E-state index is 0.358. The second kappa shape index (κ2) is 8.47. The maximum atomic E-state index is 6.27. The lowest BCUT2D eigenvalue weighted by atomic mass is 9.88. The standard InChI is InChI=1S/C17H35N3O/c1-17(2,3)12-16-14-19-13-15(21-16)6-4-5-9-20-10-7-18-8-11-20/h15-16,18-19H,4-14H2,1-3H3. The van der Waals surface area contributed by atoms with E-state index in [1.807, 2.05) is 0 Å². The first-order chi connectivity index (χ1) is 10.0. The molecule has 2 unspecified atom stereocenters. The summed E-state index contributed by atoms with van der Waals surface area (Å²) in [4.78, 5) is 2.58. The zero-order valence-corrected chi connectivity index (χ0v) is 14.3. The maximum Gasteiger partial charge on any atom is 0.0708 e. The molecule has 0 bridgehead atoms. The van der Waals surface area contributed by atoms with E-state index in [2.05, 4.69) is 36.3 Å². The van der Waals surface area contributed by atoms with E-state index in [1.54, 1.807) is 0 Å². The van der Waals surface area contributed by atoms with E-state index in [4.69, 9.17) is 4.74 Å². The van der Waals surface area contributed by atoms with E-state index in [0.29, 0.717) is 17.6 Å². The van der Waals surface area contributed by atoms with Crippen LogP contribution >= 0.6 is 0 Å². The van der Waals surface area contributed by atoms with E-state index in [-0.39, 0.29) is 0 Å². The van der Waals surface area contributed by atoms with Crippen LogP contribution in [-0.2, 0) is 4.74 Å². The Morgan fingerprint density at radius 1 is 1.00 bits per heavy atom. The van der Waals surface area contributed by atoms with Gasteiger partial charge < -0.3 is 20.3 Å². The van der Waals surface area contributed by atoms with Crippen molar-refractivity contribution >= 4 is 0 Å². The molecule has 2 rings (SSSR count). The average molecular weight is 297 g/mol. The van der Waals surface area contributed by atoms with Crippen molar-refractivity contribution in [2.24, 2.45) is 5.41 Å². The third-order valence-corrected chi connectivity index (χ3v) is 4.43. The highest BCUT2D eigenvalue weighted by molar-refractivity contribution is 4.78. The molecule has 124 valence electrons. The molecule has 0 aliphatic carbocycles. The number of unbranched alkanes of at least 4 members (excludes halogenated alkanes) is 1. The Bertz CT molecular complexity index is 284. The Balaban J connectivity index is 1.57. The Morgan fingerprint density at radius 3 is 2.43 bits per heavy atom. The van der Waals surface area contributed by atoms with Gasteiger partial charge in [-0.05, 0) is 37.6 Å². The number of nitrogens with zero attached hydrogens (tertiary/aromatic N) is 1. The maximum absolute atomic E-state index is 6.27. The van der Waals surface area contributed by atoms with Crippen molar-refractivity contribution in [1.29, 1.82) is 0 Å². The summed E-state index contributed by atoms with van der Waals surface area (Å²) in [5.41, 5.74) is 0.358. The van der Waals surface area contributed by atoms with Crippen molar-refractivity contribution in [3.8, 4) is 0 Å². The zero-order chi connectivity index (χ0) is 15.1. The number of nitrogens with one attached hydrogen (secondary N) is 2. The Morgan fingerprint density at radius 2 is 1.71 bits per heavy atom. The van der Waals surface area contributed by atoms with Gasteiger partial charge in [-0.2, -0.15) is 0 Å². The molecule has 0 saturated carbocycles. The molecule has 0 radical (unpaired) electrons. The molecule has 2 heterocycles. The first-order valence-corrected chi connectivity index (χ1v) is 8.82. The molecule has 0 aromatic rings. The third kappa shape index (κ3) is 7.09. The number of morpholine rings is 1. The number of hydrogen-bond donors (Lipinski definition) is 2. The Labute approximate surface area is 131 Å². The van der Waals surface area contributed by atoms with Crippen molar-refractivity contribution in [3.05, 3.63) is 0 Å². The highest BCUT2D eigenvalue weighted by atomic mass is 16.5. The quantitative estimate of drug-likeness (QED) is 0.734. The Kier molecular flexibility index (Phi) is 6.93. The van der Waals surface area contributed by atoms with E-state index < -0.39 is 0 Å².